The molecule has 0 spiro atoms. The molecule has 0 radical (unpaired) electrons. The second-order valence-corrected chi connectivity index (χ2v) is 3.58. The molecule has 0 aliphatic carbocycles. The Balaban J connectivity index is 0.000000640. The predicted octanol–water partition coefficient (Wildman–Crippen LogP) is 0.0111. The van der Waals surface area contributed by atoms with E-state index in [-0.39, 0.29) is 22.4 Å². The van der Waals surface area contributed by atoms with Crippen LogP contribution in [0.3, 0.4) is 0 Å². The molecule has 1 unspecified atom stereocenters. The van der Waals surface area contributed by atoms with Crippen LogP contribution in [0.4, 0.5) is 0 Å². The molecule has 0 amide bonds. The van der Waals surface area contributed by atoms with Crippen molar-refractivity contribution in [3.8, 4) is 0 Å². The summed E-state index contributed by atoms with van der Waals surface area (Å²) in [6, 6.07) is 0. The molecule has 0 fully saturated rings. The molecule has 0 aromatic rings. The molecule has 1 rings (SSSR count). The number of hydrogen-bond donors (Lipinski definition) is 0. The van der Waals surface area contributed by atoms with Crippen molar-refractivity contribution in [2.75, 3.05) is 0 Å². The van der Waals surface area contributed by atoms with E-state index in [9.17, 15) is 9.90 Å². The van der Waals surface area contributed by atoms with Crippen molar-refractivity contribution in [1.82, 2.24) is 0 Å². The Bertz CT molecular complexity index is 137. The first kappa shape index (κ1) is 9.65. The van der Waals surface area contributed by atoms with Gasteiger partial charge < -0.3 is 9.90 Å². The minimum atomic E-state index is -1.00. The Kier molecular flexibility index (Phi) is 4.79. The van der Waals surface area contributed by atoms with E-state index in [4.69, 9.17) is 0 Å². The van der Waals surface area contributed by atoms with Crippen LogP contribution in [-0.2, 0) is 27.2 Å². The van der Waals surface area contributed by atoms with E-state index in [1.54, 1.807) is 11.5 Å². The van der Waals surface area contributed by atoms with Crippen LogP contribution in [0.25, 0.3) is 0 Å². The summed E-state index contributed by atoms with van der Waals surface area (Å²) >= 11 is 0. The van der Waals surface area contributed by atoms with E-state index in [2.05, 4.69) is 0 Å². The molecule has 1 aliphatic heterocycles. The summed E-state index contributed by atoms with van der Waals surface area (Å²) in [5, 5.41) is 11.3. The first-order valence-electron chi connectivity index (χ1n) is 2.00. The van der Waals surface area contributed by atoms with Crippen LogP contribution >= 0.6 is 21.6 Å². The zero-order valence-corrected chi connectivity index (χ0v) is 7.28. The van der Waals surface area contributed by atoms with E-state index in [0.29, 0.717) is 0 Å². The molecule has 0 saturated heterocycles. The fraction of sp³-hybridized carbons (Fsp3) is 0.250. The molecule has 2 nitrogen and oxygen atoms in total. The number of carbonyl (C=O) groups is 1. The van der Waals surface area contributed by atoms with Gasteiger partial charge in [-0.05, 0) is 5.41 Å². The molecule has 5 heteroatoms. The van der Waals surface area contributed by atoms with Crippen molar-refractivity contribution in [2.24, 2.45) is 0 Å². The summed E-state index contributed by atoms with van der Waals surface area (Å²) in [6.45, 7) is 0. The molecular weight excluding hydrogens is 252 g/mol. The number of carboxylic acid groups (broad SMARTS) is 1. The van der Waals surface area contributed by atoms with Crippen LogP contribution in [-0.4, -0.2) is 11.2 Å². The van der Waals surface area contributed by atoms with E-state index >= 15 is 0 Å². The topological polar surface area (TPSA) is 40.1 Å². The van der Waals surface area contributed by atoms with Crippen LogP contribution in [0.5, 0.6) is 0 Å². The first-order valence-corrected chi connectivity index (χ1v) is 4.28. The van der Waals surface area contributed by atoms with E-state index < -0.39 is 11.2 Å². The summed E-state index contributed by atoms with van der Waals surface area (Å²) in [5.74, 6) is -1.00. The van der Waals surface area contributed by atoms with Crippen LogP contribution in [0, 0.1) is 0 Å². The van der Waals surface area contributed by atoms with Gasteiger partial charge >= 0.3 is 22.4 Å². The standard InChI is InChI=1S/C4H4O2S2.Ag/c5-4(6)3-1-2-7-8-3;/h1-3H,(H,5,6);/q;+1/p-1. The molecule has 1 atom stereocenters. The summed E-state index contributed by atoms with van der Waals surface area (Å²) in [6.07, 6.45) is 1.62. The van der Waals surface area contributed by atoms with Crippen molar-refractivity contribution < 1.29 is 32.3 Å². The fourth-order valence-corrected chi connectivity index (χ4v) is 2.24. The Labute approximate surface area is 76.4 Å². The van der Waals surface area contributed by atoms with Crippen molar-refractivity contribution in [3.63, 3.8) is 0 Å². The van der Waals surface area contributed by atoms with Crippen molar-refractivity contribution in [1.29, 1.82) is 0 Å². The smallest absolute Gasteiger partial charge is 0.549 e. The second kappa shape index (κ2) is 4.46. The van der Waals surface area contributed by atoms with Gasteiger partial charge in [0.2, 0.25) is 0 Å². The van der Waals surface area contributed by atoms with Gasteiger partial charge in [-0.1, -0.05) is 27.7 Å². The SMILES string of the molecule is O=C([O-])C1C=CSS1.[Ag+]. The summed E-state index contributed by atoms with van der Waals surface area (Å²) < 4.78 is 0. The van der Waals surface area contributed by atoms with Gasteiger partial charge in [-0.25, -0.2) is 0 Å². The maximum absolute atomic E-state index is 10.0. The Morgan fingerprint density at radius 2 is 2.33 bits per heavy atom. The minimum absolute atomic E-state index is 0. The zero-order valence-electron chi connectivity index (χ0n) is 4.17. The van der Waals surface area contributed by atoms with Gasteiger partial charge in [-0.3, -0.25) is 0 Å². The molecule has 1 heterocycles. The van der Waals surface area contributed by atoms with E-state index in [0.717, 1.165) is 0 Å². The third-order valence-electron chi connectivity index (χ3n) is 0.700. The van der Waals surface area contributed by atoms with Gasteiger partial charge in [-0.15, -0.1) is 0 Å². The summed E-state index contributed by atoms with van der Waals surface area (Å²) in [4.78, 5) is 10.0. The summed E-state index contributed by atoms with van der Waals surface area (Å²) in [5.41, 5.74) is 0. The van der Waals surface area contributed by atoms with Crippen molar-refractivity contribution >= 4 is 27.6 Å². The second-order valence-electron chi connectivity index (χ2n) is 1.26. The maximum atomic E-state index is 10.0. The average molecular weight is 255 g/mol. The number of aliphatic carboxylic acids is 1. The largest absolute Gasteiger partial charge is 1.00 e. The minimum Gasteiger partial charge on any atom is -0.549 e. The number of rotatable bonds is 1. The first-order chi connectivity index (χ1) is 3.80. The number of carboxylic acids is 1. The van der Waals surface area contributed by atoms with Crippen LogP contribution in [0.1, 0.15) is 0 Å². The Morgan fingerprint density at radius 1 is 1.67 bits per heavy atom. The van der Waals surface area contributed by atoms with Gasteiger partial charge in [0.1, 0.15) is 0 Å². The molecule has 0 bridgehead atoms. The summed E-state index contributed by atoms with van der Waals surface area (Å²) in [7, 11) is 2.72. The third-order valence-corrected chi connectivity index (χ3v) is 2.93. The molecule has 0 N–H and O–H groups in total. The quantitative estimate of drug-likeness (QED) is 0.489. The van der Waals surface area contributed by atoms with Gasteiger partial charge in [0.15, 0.2) is 0 Å². The van der Waals surface area contributed by atoms with E-state index in [1.807, 2.05) is 0 Å². The molecule has 54 valence electrons. The Hall–Kier alpha value is 0.650. The predicted molar refractivity (Wildman–Crippen MR) is 33.1 cm³/mol. The average Bonchev–Trinajstić information content (AvgIpc) is 2.12. The molecular formula is C4H3AgO2S2. The van der Waals surface area contributed by atoms with Gasteiger partial charge in [0, 0.05) is 0 Å². The Morgan fingerprint density at radius 3 is 2.56 bits per heavy atom. The van der Waals surface area contributed by atoms with Crippen LogP contribution < -0.4 is 5.11 Å². The van der Waals surface area contributed by atoms with E-state index in [1.165, 1.54) is 21.6 Å². The number of carbonyl (C=O) groups excluding carboxylic acids is 1. The molecule has 0 aromatic heterocycles. The maximum Gasteiger partial charge on any atom is 1.00 e. The normalized spacial score (nSPS) is 23.3. The zero-order chi connectivity index (χ0) is 5.98. The fourth-order valence-electron chi connectivity index (χ4n) is 0.345. The van der Waals surface area contributed by atoms with Gasteiger partial charge in [-0.2, -0.15) is 0 Å². The molecule has 0 saturated carbocycles. The van der Waals surface area contributed by atoms with Crippen LogP contribution in [0.2, 0.25) is 0 Å². The molecule has 0 aromatic carbocycles. The molecule has 1 aliphatic rings. The monoisotopic (exact) mass is 254 g/mol. The van der Waals surface area contributed by atoms with Crippen molar-refractivity contribution in [2.45, 2.75) is 5.25 Å². The van der Waals surface area contributed by atoms with Gasteiger partial charge in [0.05, 0.1) is 11.2 Å². The number of hydrogen-bond acceptors (Lipinski definition) is 4. The van der Waals surface area contributed by atoms with Gasteiger partial charge in [0.25, 0.3) is 0 Å². The van der Waals surface area contributed by atoms with Crippen LogP contribution in [0.15, 0.2) is 11.5 Å². The third kappa shape index (κ3) is 2.82. The molecule has 9 heavy (non-hydrogen) atoms. The van der Waals surface area contributed by atoms with Crippen molar-refractivity contribution in [3.05, 3.63) is 11.5 Å².